The second kappa shape index (κ2) is 5.68. The van der Waals surface area contributed by atoms with Crippen molar-refractivity contribution in [1.82, 2.24) is 4.98 Å². The maximum absolute atomic E-state index is 11.9. The van der Waals surface area contributed by atoms with Gasteiger partial charge in [-0.3, -0.25) is 19.9 Å². The van der Waals surface area contributed by atoms with Crippen LogP contribution in [0.25, 0.3) is 6.08 Å². The van der Waals surface area contributed by atoms with Gasteiger partial charge in [-0.15, -0.1) is 0 Å². The highest BCUT2D eigenvalue weighted by Gasteiger charge is 2.09. The van der Waals surface area contributed by atoms with E-state index in [4.69, 9.17) is 0 Å². The quantitative estimate of drug-likeness (QED) is 0.364. The van der Waals surface area contributed by atoms with Crippen molar-refractivity contribution < 1.29 is 9.72 Å². The lowest BCUT2D eigenvalue weighted by atomic mass is 10.1. The van der Waals surface area contributed by atoms with Gasteiger partial charge in [0.15, 0.2) is 5.78 Å². The molecule has 2 aromatic rings. The predicted octanol–water partition coefficient (Wildman–Crippen LogP) is 2.89. The minimum absolute atomic E-state index is 0.0966. The molecule has 0 aliphatic heterocycles. The third-order valence-corrected chi connectivity index (χ3v) is 2.45. The van der Waals surface area contributed by atoms with Crippen molar-refractivity contribution >= 4 is 17.5 Å². The number of non-ortho nitro benzene ring substituents is 1. The van der Waals surface area contributed by atoms with Crippen LogP contribution in [0.4, 0.5) is 5.69 Å². The lowest BCUT2D eigenvalue weighted by Crippen LogP contribution is -1.96. The Bertz CT molecular complexity index is 636. The average molecular weight is 254 g/mol. The SMILES string of the molecule is O=C(/C=C/c1cccnc1)c1cccc([N+](=O)[O-])c1. The Labute approximate surface area is 109 Å². The molecule has 0 amide bonds. The van der Waals surface area contributed by atoms with E-state index in [1.54, 1.807) is 30.6 Å². The van der Waals surface area contributed by atoms with Gasteiger partial charge in [0, 0.05) is 30.1 Å². The molecular weight excluding hydrogens is 244 g/mol. The van der Waals surface area contributed by atoms with Crippen LogP contribution in [0, 0.1) is 10.1 Å². The zero-order valence-electron chi connectivity index (χ0n) is 9.89. The molecule has 1 aromatic carbocycles. The molecule has 0 saturated carbocycles. The number of rotatable bonds is 4. The highest BCUT2D eigenvalue weighted by atomic mass is 16.6. The zero-order chi connectivity index (χ0) is 13.7. The molecule has 94 valence electrons. The van der Waals surface area contributed by atoms with Crippen LogP contribution in [-0.4, -0.2) is 15.7 Å². The number of allylic oxidation sites excluding steroid dienone is 1. The van der Waals surface area contributed by atoms with Gasteiger partial charge in [0.1, 0.15) is 0 Å². The molecule has 2 rings (SSSR count). The molecule has 0 aliphatic rings. The van der Waals surface area contributed by atoms with Crippen molar-refractivity contribution in [2.24, 2.45) is 0 Å². The first-order chi connectivity index (χ1) is 9.16. The van der Waals surface area contributed by atoms with Crippen LogP contribution < -0.4 is 0 Å². The Morgan fingerprint density at radius 1 is 1.26 bits per heavy atom. The number of benzene rings is 1. The molecule has 0 fully saturated rings. The second-order valence-electron chi connectivity index (χ2n) is 3.79. The van der Waals surface area contributed by atoms with E-state index in [0.29, 0.717) is 0 Å². The molecule has 5 nitrogen and oxygen atoms in total. The molecule has 0 atom stereocenters. The Morgan fingerprint density at radius 2 is 2.11 bits per heavy atom. The minimum atomic E-state index is -0.526. The Balaban J connectivity index is 2.18. The molecule has 0 spiro atoms. The molecule has 0 N–H and O–H groups in total. The van der Waals surface area contributed by atoms with E-state index in [1.165, 1.54) is 24.3 Å². The lowest BCUT2D eigenvalue weighted by Gasteiger charge is -1.96. The minimum Gasteiger partial charge on any atom is -0.289 e. The fourth-order valence-electron chi connectivity index (χ4n) is 1.52. The first-order valence-corrected chi connectivity index (χ1v) is 5.54. The van der Waals surface area contributed by atoms with Crippen molar-refractivity contribution in [2.75, 3.05) is 0 Å². The fraction of sp³-hybridized carbons (Fsp3) is 0. The van der Waals surface area contributed by atoms with Gasteiger partial charge in [-0.2, -0.15) is 0 Å². The van der Waals surface area contributed by atoms with Crippen LogP contribution in [0.15, 0.2) is 54.9 Å². The van der Waals surface area contributed by atoms with Gasteiger partial charge >= 0.3 is 0 Å². The summed E-state index contributed by atoms with van der Waals surface area (Å²) in [5.74, 6) is -0.285. The number of pyridine rings is 1. The topological polar surface area (TPSA) is 73.1 Å². The molecule has 0 radical (unpaired) electrons. The highest BCUT2D eigenvalue weighted by molar-refractivity contribution is 6.07. The van der Waals surface area contributed by atoms with Crippen molar-refractivity contribution in [3.05, 3.63) is 76.1 Å². The number of nitro benzene ring substituents is 1. The van der Waals surface area contributed by atoms with Gasteiger partial charge in [0.25, 0.3) is 5.69 Å². The number of carbonyl (C=O) groups excluding carboxylic acids is 1. The smallest absolute Gasteiger partial charge is 0.270 e. The summed E-state index contributed by atoms with van der Waals surface area (Å²) >= 11 is 0. The Hall–Kier alpha value is -2.82. The van der Waals surface area contributed by atoms with E-state index in [0.717, 1.165) is 5.56 Å². The van der Waals surface area contributed by atoms with Crippen molar-refractivity contribution in [2.45, 2.75) is 0 Å². The fourth-order valence-corrected chi connectivity index (χ4v) is 1.52. The summed E-state index contributed by atoms with van der Waals surface area (Å²) in [6.45, 7) is 0. The molecule has 19 heavy (non-hydrogen) atoms. The summed E-state index contributed by atoms with van der Waals surface area (Å²) < 4.78 is 0. The van der Waals surface area contributed by atoms with E-state index < -0.39 is 4.92 Å². The van der Waals surface area contributed by atoms with Crippen LogP contribution in [0.3, 0.4) is 0 Å². The molecule has 5 heteroatoms. The Morgan fingerprint density at radius 3 is 2.79 bits per heavy atom. The molecule has 0 aliphatic carbocycles. The molecule has 1 heterocycles. The van der Waals surface area contributed by atoms with Crippen LogP contribution in [0.2, 0.25) is 0 Å². The van der Waals surface area contributed by atoms with Gasteiger partial charge in [-0.25, -0.2) is 0 Å². The first kappa shape index (κ1) is 12.6. The average Bonchev–Trinajstić information content (AvgIpc) is 2.46. The third kappa shape index (κ3) is 3.32. The normalized spacial score (nSPS) is 10.5. The summed E-state index contributed by atoms with van der Waals surface area (Å²) in [6.07, 6.45) is 6.25. The number of hydrogen-bond donors (Lipinski definition) is 0. The monoisotopic (exact) mass is 254 g/mol. The van der Waals surface area contributed by atoms with E-state index in [9.17, 15) is 14.9 Å². The van der Waals surface area contributed by atoms with E-state index >= 15 is 0 Å². The van der Waals surface area contributed by atoms with E-state index in [1.807, 2.05) is 6.07 Å². The van der Waals surface area contributed by atoms with Gasteiger partial charge in [0.05, 0.1) is 4.92 Å². The van der Waals surface area contributed by atoms with Crippen LogP contribution in [-0.2, 0) is 0 Å². The Kier molecular flexibility index (Phi) is 3.78. The molecular formula is C14H10N2O3. The van der Waals surface area contributed by atoms with Crippen LogP contribution >= 0.6 is 0 Å². The van der Waals surface area contributed by atoms with Crippen molar-refractivity contribution in [3.63, 3.8) is 0 Å². The second-order valence-corrected chi connectivity index (χ2v) is 3.79. The van der Waals surface area contributed by atoms with Gasteiger partial charge < -0.3 is 0 Å². The zero-order valence-corrected chi connectivity index (χ0v) is 9.89. The maximum atomic E-state index is 11.9. The highest BCUT2D eigenvalue weighted by Crippen LogP contribution is 2.14. The summed E-state index contributed by atoms with van der Waals surface area (Å²) in [5, 5.41) is 10.6. The maximum Gasteiger partial charge on any atom is 0.270 e. The van der Waals surface area contributed by atoms with Gasteiger partial charge in [-0.05, 0) is 23.8 Å². The number of hydrogen-bond acceptors (Lipinski definition) is 4. The number of nitrogens with zero attached hydrogens (tertiary/aromatic N) is 2. The molecule has 0 unspecified atom stereocenters. The number of ketones is 1. The lowest BCUT2D eigenvalue weighted by molar-refractivity contribution is -0.384. The number of aromatic nitrogens is 1. The summed E-state index contributed by atoms with van der Waals surface area (Å²) in [6, 6.07) is 9.21. The number of nitro groups is 1. The van der Waals surface area contributed by atoms with Gasteiger partial charge in [-0.1, -0.05) is 18.2 Å². The summed E-state index contributed by atoms with van der Waals surface area (Å²) in [7, 11) is 0. The third-order valence-electron chi connectivity index (χ3n) is 2.45. The molecule has 1 aromatic heterocycles. The first-order valence-electron chi connectivity index (χ1n) is 5.54. The molecule has 0 bridgehead atoms. The summed E-state index contributed by atoms with van der Waals surface area (Å²) in [4.78, 5) is 25.9. The summed E-state index contributed by atoms with van der Waals surface area (Å²) in [5.41, 5.74) is 0.983. The van der Waals surface area contributed by atoms with Crippen molar-refractivity contribution in [3.8, 4) is 0 Å². The largest absolute Gasteiger partial charge is 0.289 e. The van der Waals surface area contributed by atoms with Crippen molar-refractivity contribution in [1.29, 1.82) is 0 Å². The van der Waals surface area contributed by atoms with E-state index in [-0.39, 0.29) is 17.0 Å². The molecule has 0 saturated heterocycles. The van der Waals surface area contributed by atoms with Crippen LogP contribution in [0.1, 0.15) is 15.9 Å². The van der Waals surface area contributed by atoms with Gasteiger partial charge in [0.2, 0.25) is 0 Å². The predicted molar refractivity (Wildman–Crippen MR) is 70.7 cm³/mol. The van der Waals surface area contributed by atoms with E-state index in [2.05, 4.69) is 4.98 Å². The number of carbonyl (C=O) groups is 1. The van der Waals surface area contributed by atoms with Crippen LogP contribution in [0.5, 0.6) is 0 Å². The standard InChI is InChI=1S/C14H10N2O3/c17-14(7-6-11-3-2-8-15-10-11)12-4-1-5-13(9-12)16(18)19/h1-10H/b7-6+.